The third kappa shape index (κ3) is 3.99. The van der Waals surface area contributed by atoms with E-state index in [1.54, 1.807) is 20.8 Å². The molecular formula is C18H16F3NO2. The number of rotatable bonds is 2. The van der Waals surface area contributed by atoms with Gasteiger partial charge in [0.05, 0.1) is 17.7 Å². The molecule has 1 aromatic carbocycles. The maximum atomic E-state index is 12.6. The van der Waals surface area contributed by atoms with Crippen molar-refractivity contribution < 1.29 is 22.4 Å². The van der Waals surface area contributed by atoms with E-state index in [-0.39, 0.29) is 18.0 Å². The summed E-state index contributed by atoms with van der Waals surface area (Å²) in [7, 11) is 0. The molecule has 1 amide bonds. The summed E-state index contributed by atoms with van der Waals surface area (Å²) in [6.45, 7) is 5.28. The van der Waals surface area contributed by atoms with Crippen LogP contribution in [-0.4, -0.2) is 12.5 Å². The summed E-state index contributed by atoms with van der Waals surface area (Å²) in [4.78, 5) is 12.1. The topological polar surface area (TPSA) is 42.2 Å². The highest BCUT2D eigenvalue weighted by molar-refractivity contribution is 5.96. The first-order chi connectivity index (χ1) is 11.2. The van der Waals surface area contributed by atoms with Crippen molar-refractivity contribution in [3.63, 3.8) is 0 Å². The number of amides is 1. The minimum absolute atomic E-state index is 0.0260. The maximum absolute atomic E-state index is 12.6. The molecule has 126 valence electrons. The van der Waals surface area contributed by atoms with Crippen LogP contribution < -0.4 is 5.32 Å². The Kier molecular flexibility index (Phi) is 5.03. The first-order valence-electron chi connectivity index (χ1n) is 7.21. The Morgan fingerprint density at radius 2 is 1.92 bits per heavy atom. The highest BCUT2D eigenvalue weighted by Crippen LogP contribution is 2.29. The fourth-order valence-corrected chi connectivity index (χ4v) is 2.26. The molecule has 1 N–H and O–H groups in total. The molecule has 24 heavy (non-hydrogen) atoms. The van der Waals surface area contributed by atoms with Crippen molar-refractivity contribution in [3.8, 4) is 11.8 Å². The lowest BCUT2D eigenvalue weighted by Crippen LogP contribution is -2.24. The largest absolute Gasteiger partial charge is 0.466 e. The van der Waals surface area contributed by atoms with E-state index in [4.69, 9.17) is 4.42 Å². The molecule has 0 saturated heterocycles. The number of nitrogens with one attached hydrogen (secondary N) is 1. The molecule has 0 spiro atoms. The van der Waals surface area contributed by atoms with Gasteiger partial charge in [0.2, 0.25) is 0 Å². The molecule has 0 atom stereocenters. The average Bonchev–Trinajstić information content (AvgIpc) is 2.76. The molecule has 0 aliphatic carbocycles. The van der Waals surface area contributed by atoms with Crippen molar-refractivity contribution in [2.45, 2.75) is 26.9 Å². The number of halogens is 3. The van der Waals surface area contributed by atoms with Crippen molar-refractivity contribution >= 4 is 5.91 Å². The van der Waals surface area contributed by atoms with Crippen LogP contribution in [0.4, 0.5) is 13.2 Å². The van der Waals surface area contributed by atoms with Crippen LogP contribution in [0.2, 0.25) is 0 Å². The average molecular weight is 335 g/mol. The van der Waals surface area contributed by atoms with E-state index in [1.165, 1.54) is 12.1 Å². The Bertz CT molecular complexity index is 823. The van der Waals surface area contributed by atoms with Crippen molar-refractivity contribution in [3.05, 3.63) is 58.0 Å². The van der Waals surface area contributed by atoms with Crippen LogP contribution in [0.1, 0.15) is 38.6 Å². The minimum atomic E-state index is -4.40. The SMILES string of the molecule is Cc1oc(C)c(C(=O)NCC#Cc2cccc(C(F)(F)F)c2)c1C. The predicted octanol–water partition coefficient (Wildman–Crippen LogP) is 4.01. The van der Waals surface area contributed by atoms with Gasteiger partial charge < -0.3 is 9.73 Å². The van der Waals surface area contributed by atoms with E-state index < -0.39 is 11.7 Å². The van der Waals surface area contributed by atoms with Gasteiger partial charge in [-0.3, -0.25) is 4.79 Å². The standard InChI is InChI=1S/C18H16F3NO2/c1-11-12(2)24-13(3)16(11)17(23)22-9-5-7-14-6-4-8-15(10-14)18(19,20)21/h4,6,8,10H,9H2,1-3H3,(H,22,23). The number of hydrogen-bond donors (Lipinski definition) is 1. The van der Waals surface area contributed by atoms with Crippen LogP contribution in [0.5, 0.6) is 0 Å². The van der Waals surface area contributed by atoms with Crippen molar-refractivity contribution in [2.24, 2.45) is 0 Å². The fraction of sp³-hybridized carbons (Fsp3) is 0.278. The minimum Gasteiger partial charge on any atom is -0.466 e. The Morgan fingerprint density at radius 3 is 2.50 bits per heavy atom. The van der Waals surface area contributed by atoms with Gasteiger partial charge in [-0.15, -0.1) is 0 Å². The summed E-state index contributed by atoms with van der Waals surface area (Å²) in [5.41, 5.74) is 0.716. The smallest absolute Gasteiger partial charge is 0.416 e. The quantitative estimate of drug-likeness (QED) is 0.843. The molecule has 2 aromatic rings. The van der Waals surface area contributed by atoms with Crippen LogP contribution >= 0.6 is 0 Å². The number of benzene rings is 1. The van der Waals surface area contributed by atoms with E-state index in [9.17, 15) is 18.0 Å². The lowest BCUT2D eigenvalue weighted by molar-refractivity contribution is -0.137. The van der Waals surface area contributed by atoms with Gasteiger partial charge in [0.1, 0.15) is 11.5 Å². The monoisotopic (exact) mass is 335 g/mol. The maximum Gasteiger partial charge on any atom is 0.416 e. The summed E-state index contributed by atoms with van der Waals surface area (Å²) in [6, 6.07) is 4.74. The Morgan fingerprint density at radius 1 is 1.21 bits per heavy atom. The van der Waals surface area contributed by atoms with E-state index >= 15 is 0 Å². The summed E-state index contributed by atoms with van der Waals surface area (Å²) in [5, 5.41) is 2.61. The lowest BCUT2D eigenvalue weighted by atomic mass is 10.1. The molecule has 0 saturated carbocycles. The Labute approximate surface area is 137 Å². The number of alkyl halides is 3. The highest BCUT2D eigenvalue weighted by atomic mass is 19.4. The Hall–Kier alpha value is -2.68. The first kappa shape index (κ1) is 17.7. The molecule has 1 aromatic heterocycles. The third-order valence-corrected chi connectivity index (χ3v) is 3.55. The van der Waals surface area contributed by atoms with E-state index in [2.05, 4.69) is 17.2 Å². The Balaban J connectivity index is 2.03. The number of hydrogen-bond acceptors (Lipinski definition) is 2. The highest BCUT2D eigenvalue weighted by Gasteiger charge is 2.30. The number of furan rings is 1. The number of carbonyl (C=O) groups is 1. The van der Waals surface area contributed by atoms with Gasteiger partial charge in [0, 0.05) is 11.1 Å². The molecule has 0 radical (unpaired) electrons. The second kappa shape index (κ2) is 6.83. The molecule has 3 nitrogen and oxygen atoms in total. The zero-order valence-corrected chi connectivity index (χ0v) is 13.5. The predicted molar refractivity (Wildman–Crippen MR) is 83.6 cm³/mol. The molecule has 6 heteroatoms. The zero-order valence-electron chi connectivity index (χ0n) is 13.5. The molecular weight excluding hydrogens is 319 g/mol. The third-order valence-electron chi connectivity index (χ3n) is 3.55. The second-order valence-electron chi connectivity index (χ2n) is 5.28. The van der Waals surface area contributed by atoms with Crippen LogP contribution in [0.15, 0.2) is 28.7 Å². The number of aryl methyl sites for hydroxylation is 2. The summed E-state index contributed by atoms with van der Waals surface area (Å²) >= 11 is 0. The van der Waals surface area contributed by atoms with Crippen LogP contribution in [0.3, 0.4) is 0 Å². The first-order valence-corrected chi connectivity index (χ1v) is 7.21. The molecule has 0 unspecified atom stereocenters. The molecule has 1 heterocycles. The van der Waals surface area contributed by atoms with Gasteiger partial charge in [0.25, 0.3) is 5.91 Å². The molecule has 2 rings (SSSR count). The van der Waals surface area contributed by atoms with Gasteiger partial charge in [-0.25, -0.2) is 0 Å². The zero-order chi connectivity index (χ0) is 17.9. The summed E-state index contributed by atoms with van der Waals surface area (Å²) in [5.74, 6) is 6.13. The lowest BCUT2D eigenvalue weighted by Gasteiger charge is -2.05. The van der Waals surface area contributed by atoms with Crippen molar-refractivity contribution in [1.29, 1.82) is 0 Å². The van der Waals surface area contributed by atoms with Gasteiger partial charge >= 0.3 is 6.18 Å². The number of carbonyl (C=O) groups excluding carboxylic acids is 1. The molecule has 0 aliphatic rings. The van der Waals surface area contributed by atoms with E-state index in [0.717, 1.165) is 17.7 Å². The molecule has 0 bridgehead atoms. The van der Waals surface area contributed by atoms with Gasteiger partial charge in [0.15, 0.2) is 0 Å². The van der Waals surface area contributed by atoms with Gasteiger partial charge in [-0.2, -0.15) is 13.2 Å². The summed E-state index contributed by atoms with van der Waals surface area (Å²) < 4.78 is 43.2. The molecule has 0 aliphatic heterocycles. The second-order valence-corrected chi connectivity index (χ2v) is 5.28. The van der Waals surface area contributed by atoms with Crippen molar-refractivity contribution in [1.82, 2.24) is 5.32 Å². The van der Waals surface area contributed by atoms with Gasteiger partial charge in [-0.1, -0.05) is 17.9 Å². The van der Waals surface area contributed by atoms with Crippen LogP contribution in [0, 0.1) is 32.6 Å². The van der Waals surface area contributed by atoms with Gasteiger partial charge in [-0.05, 0) is 39.0 Å². The van der Waals surface area contributed by atoms with Crippen LogP contribution in [0.25, 0.3) is 0 Å². The molecule has 0 fully saturated rings. The van der Waals surface area contributed by atoms with E-state index in [0.29, 0.717) is 17.1 Å². The fourth-order valence-electron chi connectivity index (χ4n) is 2.26. The van der Waals surface area contributed by atoms with Crippen molar-refractivity contribution in [2.75, 3.05) is 6.54 Å². The van der Waals surface area contributed by atoms with Crippen LogP contribution in [-0.2, 0) is 6.18 Å². The summed E-state index contributed by atoms with van der Waals surface area (Å²) in [6.07, 6.45) is -4.40. The van der Waals surface area contributed by atoms with E-state index in [1.807, 2.05) is 0 Å². The normalized spacial score (nSPS) is 10.9.